The molecule has 1 saturated heterocycles. The van der Waals surface area contributed by atoms with Crippen molar-refractivity contribution in [1.82, 2.24) is 15.1 Å². The van der Waals surface area contributed by atoms with Crippen molar-refractivity contribution in [2.24, 2.45) is 0 Å². The summed E-state index contributed by atoms with van der Waals surface area (Å²) in [6.07, 6.45) is 4.97. The molecule has 8 nitrogen and oxygen atoms in total. The van der Waals surface area contributed by atoms with Crippen LogP contribution < -0.4 is 19.1 Å². The minimum Gasteiger partial charge on any atom is -0.493 e. The summed E-state index contributed by atoms with van der Waals surface area (Å²) in [6.45, 7) is 2.72. The molecule has 28 heavy (non-hydrogen) atoms. The molecule has 0 unspecified atom stereocenters. The maximum Gasteiger partial charge on any atom is 0.246 e. The first kappa shape index (κ1) is 19.5. The highest BCUT2D eigenvalue weighted by Gasteiger charge is 2.20. The van der Waals surface area contributed by atoms with E-state index in [4.69, 9.17) is 14.2 Å². The van der Waals surface area contributed by atoms with Crippen LogP contribution in [0.2, 0.25) is 0 Å². The lowest BCUT2D eigenvalue weighted by Crippen LogP contribution is -2.48. The van der Waals surface area contributed by atoms with Gasteiger partial charge in [-0.15, -0.1) is 5.10 Å². The van der Waals surface area contributed by atoms with Crippen LogP contribution in [0.15, 0.2) is 36.5 Å². The molecule has 1 amide bonds. The van der Waals surface area contributed by atoms with E-state index in [1.54, 1.807) is 51.8 Å². The van der Waals surface area contributed by atoms with E-state index in [2.05, 4.69) is 15.1 Å². The number of piperazine rings is 1. The van der Waals surface area contributed by atoms with Crippen LogP contribution in [0.25, 0.3) is 6.08 Å². The van der Waals surface area contributed by atoms with E-state index in [0.29, 0.717) is 30.3 Å². The minimum atomic E-state index is -0.0347. The van der Waals surface area contributed by atoms with Gasteiger partial charge < -0.3 is 24.0 Å². The molecule has 8 heteroatoms. The molecule has 0 radical (unpaired) electrons. The van der Waals surface area contributed by atoms with Gasteiger partial charge in [-0.05, 0) is 35.9 Å². The van der Waals surface area contributed by atoms with Gasteiger partial charge >= 0.3 is 0 Å². The summed E-state index contributed by atoms with van der Waals surface area (Å²) in [7, 11) is 4.68. The monoisotopic (exact) mass is 384 g/mol. The molecule has 1 aliphatic rings. The number of hydrogen-bond donors (Lipinski definition) is 0. The SMILES string of the molecule is COc1cc(/C=C/C(=O)N2CCN(c3cccnn3)CC2)cc(OC)c1OC. The standard InChI is InChI=1S/C20H24N4O4/c1-26-16-13-15(14-17(27-2)20(16)28-3)6-7-19(25)24-11-9-23(10-12-24)18-5-4-8-21-22-18/h4-8,13-14H,9-12H2,1-3H3/b7-6+. The third kappa shape index (κ3) is 4.33. The molecular weight excluding hydrogens is 360 g/mol. The van der Waals surface area contributed by atoms with Crippen molar-refractivity contribution in [3.8, 4) is 17.2 Å². The number of anilines is 1. The summed E-state index contributed by atoms with van der Waals surface area (Å²) in [5.74, 6) is 2.42. The van der Waals surface area contributed by atoms with Crippen LogP contribution in [0.5, 0.6) is 17.2 Å². The molecule has 1 fully saturated rings. The quantitative estimate of drug-likeness (QED) is 0.704. The summed E-state index contributed by atoms with van der Waals surface area (Å²) in [5.41, 5.74) is 0.793. The summed E-state index contributed by atoms with van der Waals surface area (Å²) in [4.78, 5) is 16.5. The Balaban J connectivity index is 1.64. The molecule has 1 aromatic carbocycles. The average molecular weight is 384 g/mol. The van der Waals surface area contributed by atoms with Crippen molar-refractivity contribution in [1.29, 1.82) is 0 Å². The number of nitrogens with zero attached hydrogens (tertiary/aromatic N) is 4. The van der Waals surface area contributed by atoms with Crippen LogP contribution in [0.3, 0.4) is 0 Å². The van der Waals surface area contributed by atoms with Crippen LogP contribution in [0, 0.1) is 0 Å². The summed E-state index contributed by atoms with van der Waals surface area (Å²) >= 11 is 0. The molecule has 1 aliphatic heterocycles. The molecule has 0 saturated carbocycles. The number of carbonyl (C=O) groups is 1. The van der Waals surface area contributed by atoms with Gasteiger partial charge in [0, 0.05) is 38.5 Å². The molecule has 148 valence electrons. The van der Waals surface area contributed by atoms with Crippen LogP contribution in [-0.2, 0) is 4.79 Å². The normalized spacial score (nSPS) is 14.2. The third-order valence-electron chi connectivity index (χ3n) is 4.58. The van der Waals surface area contributed by atoms with Crippen molar-refractivity contribution in [2.75, 3.05) is 52.4 Å². The number of carbonyl (C=O) groups excluding carboxylic acids is 1. The maximum absolute atomic E-state index is 12.6. The van der Waals surface area contributed by atoms with Gasteiger partial charge in [0.1, 0.15) is 0 Å². The lowest BCUT2D eigenvalue weighted by Gasteiger charge is -2.34. The van der Waals surface area contributed by atoms with E-state index in [0.717, 1.165) is 24.5 Å². The van der Waals surface area contributed by atoms with Crippen molar-refractivity contribution >= 4 is 17.8 Å². The zero-order valence-corrected chi connectivity index (χ0v) is 16.3. The van der Waals surface area contributed by atoms with Gasteiger partial charge in [0.15, 0.2) is 17.3 Å². The molecular formula is C20H24N4O4. The fraction of sp³-hybridized carbons (Fsp3) is 0.350. The Hall–Kier alpha value is -3.29. The summed E-state index contributed by atoms with van der Waals surface area (Å²) < 4.78 is 16.0. The van der Waals surface area contributed by atoms with Crippen molar-refractivity contribution in [3.05, 3.63) is 42.1 Å². The van der Waals surface area contributed by atoms with Gasteiger partial charge in [-0.1, -0.05) is 0 Å². The zero-order valence-electron chi connectivity index (χ0n) is 16.3. The van der Waals surface area contributed by atoms with E-state index >= 15 is 0 Å². The molecule has 0 N–H and O–H groups in total. The Labute approximate surface area is 164 Å². The van der Waals surface area contributed by atoms with E-state index in [1.165, 1.54) is 0 Å². The summed E-state index contributed by atoms with van der Waals surface area (Å²) in [5, 5.41) is 8.02. The first-order valence-electron chi connectivity index (χ1n) is 8.96. The highest BCUT2D eigenvalue weighted by molar-refractivity contribution is 5.92. The Morgan fingerprint density at radius 1 is 1.04 bits per heavy atom. The molecule has 0 atom stereocenters. The van der Waals surface area contributed by atoms with E-state index in [9.17, 15) is 4.79 Å². The van der Waals surface area contributed by atoms with Gasteiger partial charge in [0.05, 0.1) is 21.3 Å². The molecule has 2 heterocycles. The van der Waals surface area contributed by atoms with Gasteiger partial charge in [0.2, 0.25) is 11.7 Å². The van der Waals surface area contributed by atoms with Crippen LogP contribution in [0.4, 0.5) is 5.82 Å². The van der Waals surface area contributed by atoms with Crippen LogP contribution in [-0.4, -0.2) is 68.5 Å². The Kier molecular flexibility index (Phi) is 6.31. The second-order valence-electron chi connectivity index (χ2n) is 6.19. The van der Waals surface area contributed by atoms with Gasteiger partial charge in [-0.3, -0.25) is 4.79 Å². The first-order valence-corrected chi connectivity index (χ1v) is 8.96. The number of benzene rings is 1. The largest absolute Gasteiger partial charge is 0.493 e. The van der Waals surface area contributed by atoms with Gasteiger partial charge in [-0.2, -0.15) is 5.10 Å². The topological polar surface area (TPSA) is 77.0 Å². The molecule has 0 bridgehead atoms. The van der Waals surface area contributed by atoms with Crippen molar-refractivity contribution in [3.63, 3.8) is 0 Å². The number of rotatable bonds is 6. The molecule has 3 rings (SSSR count). The fourth-order valence-corrected chi connectivity index (χ4v) is 3.09. The Morgan fingerprint density at radius 3 is 2.25 bits per heavy atom. The van der Waals surface area contributed by atoms with Crippen LogP contribution in [0.1, 0.15) is 5.56 Å². The van der Waals surface area contributed by atoms with Gasteiger partial charge in [0.25, 0.3) is 0 Å². The zero-order chi connectivity index (χ0) is 19.9. The van der Waals surface area contributed by atoms with E-state index in [1.807, 2.05) is 17.0 Å². The second kappa shape index (κ2) is 9.07. The number of methoxy groups -OCH3 is 3. The third-order valence-corrected chi connectivity index (χ3v) is 4.58. The molecule has 2 aromatic rings. The van der Waals surface area contributed by atoms with Gasteiger partial charge in [-0.25, -0.2) is 0 Å². The first-order chi connectivity index (χ1) is 13.7. The number of ether oxygens (including phenoxy) is 3. The highest BCUT2D eigenvalue weighted by atomic mass is 16.5. The lowest BCUT2D eigenvalue weighted by atomic mass is 10.1. The minimum absolute atomic E-state index is 0.0347. The van der Waals surface area contributed by atoms with Crippen molar-refractivity contribution < 1.29 is 19.0 Å². The molecule has 0 aliphatic carbocycles. The Bertz CT molecular complexity index is 808. The van der Waals surface area contributed by atoms with Crippen LogP contribution >= 0.6 is 0 Å². The maximum atomic E-state index is 12.6. The van der Waals surface area contributed by atoms with E-state index in [-0.39, 0.29) is 5.91 Å². The molecule has 1 aromatic heterocycles. The van der Waals surface area contributed by atoms with Crippen molar-refractivity contribution in [2.45, 2.75) is 0 Å². The number of hydrogen-bond acceptors (Lipinski definition) is 7. The Morgan fingerprint density at radius 2 is 1.71 bits per heavy atom. The van der Waals surface area contributed by atoms with E-state index < -0.39 is 0 Å². The molecule has 0 spiro atoms. The average Bonchev–Trinajstić information content (AvgIpc) is 2.77. The highest BCUT2D eigenvalue weighted by Crippen LogP contribution is 2.38. The predicted molar refractivity (Wildman–Crippen MR) is 106 cm³/mol. The fourth-order valence-electron chi connectivity index (χ4n) is 3.09. The lowest BCUT2D eigenvalue weighted by molar-refractivity contribution is -0.126. The number of aromatic nitrogens is 2. The smallest absolute Gasteiger partial charge is 0.246 e. The number of amides is 1. The second-order valence-corrected chi connectivity index (χ2v) is 6.19. The predicted octanol–water partition coefficient (Wildman–Crippen LogP) is 1.86. The summed E-state index contributed by atoms with van der Waals surface area (Å²) in [6, 6.07) is 7.39.